The maximum atomic E-state index is 10.7. The van der Waals surface area contributed by atoms with Crippen LogP contribution in [0.5, 0.6) is 0 Å². The third-order valence-corrected chi connectivity index (χ3v) is 4.22. The van der Waals surface area contributed by atoms with Gasteiger partial charge in [-0.1, -0.05) is 18.2 Å². The highest BCUT2D eigenvalue weighted by molar-refractivity contribution is 5.64. The van der Waals surface area contributed by atoms with E-state index in [0.717, 1.165) is 18.4 Å². The molecule has 1 unspecified atom stereocenters. The van der Waals surface area contributed by atoms with Crippen LogP contribution in [-0.4, -0.2) is 13.1 Å². The van der Waals surface area contributed by atoms with Gasteiger partial charge >= 0.3 is 0 Å². The van der Waals surface area contributed by atoms with Gasteiger partial charge in [-0.05, 0) is 62.1 Å². The number of methoxy groups -OCH3 is 1. The summed E-state index contributed by atoms with van der Waals surface area (Å²) in [6, 6.07) is 6.43. The van der Waals surface area contributed by atoms with Crippen molar-refractivity contribution in [3.05, 3.63) is 34.9 Å². The first kappa shape index (κ1) is 14.1. The number of aliphatic carboxylic acids is 1. The Morgan fingerprint density at radius 1 is 1.32 bits per heavy atom. The van der Waals surface area contributed by atoms with Crippen molar-refractivity contribution in [3.63, 3.8) is 0 Å². The molecule has 1 aliphatic rings. The van der Waals surface area contributed by atoms with E-state index in [1.165, 1.54) is 24.0 Å². The summed E-state index contributed by atoms with van der Waals surface area (Å²) in [4.78, 5) is 10.7. The maximum absolute atomic E-state index is 10.7. The minimum atomic E-state index is -1.03. The topological polar surface area (TPSA) is 49.4 Å². The first-order valence-corrected chi connectivity index (χ1v) is 6.92. The smallest absolute Gasteiger partial charge is 0.0903 e. The summed E-state index contributed by atoms with van der Waals surface area (Å²) >= 11 is 0. The number of aryl methyl sites for hydroxylation is 2. The SMILES string of the molecule is COC(C)(CCC(=O)[O-])c1ccc2c(c1)CCCC2. The summed E-state index contributed by atoms with van der Waals surface area (Å²) in [5.41, 5.74) is 3.33. The second-order valence-corrected chi connectivity index (χ2v) is 5.50. The van der Waals surface area contributed by atoms with Crippen LogP contribution < -0.4 is 5.11 Å². The zero-order chi connectivity index (χ0) is 13.9. The van der Waals surface area contributed by atoms with Gasteiger partial charge in [0.15, 0.2) is 0 Å². The van der Waals surface area contributed by atoms with Crippen LogP contribution in [0.1, 0.15) is 49.3 Å². The molecule has 0 amide bonds. The first-order chi connectivity index (χ1) is 9.05. The van der Waals surface area contributed by atoms with Gasteiger partial charge in [-0.25, -0.2) is 0 Å². The van der Waals surface area contributed by atoms with Gasteiger partial charge in [-0.3, -0.25) is 0 Å². The highest BCUT2D eigenvalue weighted by atomic mass is 16.5. The Labute approximate surface area is 114 Å². The molecule has 19 heavy (non-hydrogen) atoms. The van der Waals surface area contributed by atoms with E-state index in [0.29, 0.717) is 6.42 Å². The molecule has 3 heteroatoms. The van der Waals surface area contributed by atoms with Crippen molar-refractivity contribution in [1.29, 1.82) is 0 Å². The Bertz CT molecular complexity index is 467. The third-order valence-electron chi connectivity index (χ3n) is 4.22. The summed E-state index contributed by atoms with van der Waals surface area (Å²) in [6.45, 7) is 1.94. The van der Waals surface area contributed by atoms with Crippen molar-refractivity contribution >= 4 is 5.97 Å². The van der Waals surface area contributed by atoms with Gasteiger partial charge in [0.2, 0.25) is 0 Å². The highest BCUT2D eigenvalue weighted by Gasteiger charge is 2.27. The van der Waals surface area contributed by atoms with Gasteiger partial charge in [-0.15, -0.1) is 0 Å². The van der Waals surface area contributed by atoms with E-state index >= 15 is 0 Å². The second-order valence-electron chi connectivity index (χ2n) is 5.50. The molecule has 1 aromatic carbocycles. The van der Waals surface area contributed by atoms with Crippen LogP contribution in [0, 0.1) is 0 Å². The van der Waals surface area contributed by atoms with Crippen molar-refractivity contribution < 1.29 is 14.6 Å². The Balaban J connectivity index is 2.24. The van der Waals surface area contributed by atoms with Crippen LogP contribution >= 0.6 is 0 Å². The van der Waals surface area contributed by atoms with E-state index in [9.17, 15) is 9.90 Å². The lowest BCUT2D eigenvalue weighted by Crippen LogP contribution is -2.30. The zero-order valence-corrected chi connectivity index (χ0v) is 11.7. The van der Waals surface area contributed by atoms with E-state index in [4.69, 9.17) is 4.74 Å². The average molecular weight is 261 g/mol. The van der Waals surface area contributed by atoms with E-state index in [1.807, 2.05) is 6.92 Å². The number of carbonyl (C=O) groups is 1. The lowest BCUT2D eigenvalue weighted by molar-refractivity contribution is -0.306. The molecule has 0 saturated heterocycles. The summed E-state index contributed by atoms with van der Waals surface area (Å²) in [6.07, 6.45) is 5.21. The van der Waals surface area contributed by atoms with Crippen LogP contribution in [0.2, 0.25) is 0 Å². The summed E-state index contributed by atoms with van der Waals surface area (Å²) in [5.74, 6) is -1.03. The number of rotatable bonds is 5. The quantitative estimate of drug-likeness (QED) is 0.814. The standard InChI is InChI=1S/C16H22O3/c1-16(19-2,10-9-15(17)18)14-8-7-12-5-3-4-6-13(12)11-14/h7-8,11H,3-6,9-10H2,1-2H3,(H,17,18)/p-1. The fourth-order valence-electron chi connectivity index (χ4n) is 2.77. The van der Waals surface area contributed by atoms with Gasteiger partial charge in [-0.2, -0.15) is 0 Å². The molecule has 0 saturated carbocycles. The zero-order valence-electron chi connectivity index (χ0n) is 11.7. The molecule has 1 aliphatic carbocycles. The van der Waals surface area contributed by atoms with Gasteiger partial charge in [0.05, 0.1) is 5.60 Å². The molecule has 0 aromatic heterocycles. The molecule has 1 aromatic rings. The normalized spacial score (nSPS) is 17.6. The summed E-state index contributed by atoms with van der Waals surface area (Å²) < 4.78 is 5.57. The van der Waals surface area contributed by atoms with Gasteiger partial charge in [0, 0.05) is 13.1 Å². The first-order valence-electron chi connectivity index (χ1n) is 6.92. The third kappa shape index (κ3) is 3.16. The molecule has 2 rings (SSSR count). The molecule has 104 valence electrons. The Morgan fingerprint density at radius 3 is 2.63 bits per heavy atom. The number of carboxylic acid groups (broad SMARTS) is 1. The molecule has 0 aliphatic heterocycles. The summed E-state index contributed by atoms with van der Waals surface area (Å²) in [7, 11) is 1.63. The molecule has 0 N–H and O–H groups in total. The second kappa shape index (κ2) is 5.74. The molecule has 0 radical (unpaired) electrons. The fraction of sp³-hybridized carbons (Fsp3) is 0.562. The van der Waals surface area contributed by atoms with Crippen LogP contribution in [0.3, 0.4) is 0 Å². The lowest BCUT2D eigenvalue weighted by Gasteiger charge is -2.30. The fourth-order valence-corrected chi connectivity index (χ4v) is 2.77. The molecule has 3 nitrogen and oxygen atoms in total. The van der Waals surface area contributed by atoms with Gasteiger partial charge < -0.3 is 14.6 Å². The minimum Gasteiger partial charge on any atom is -0.550 e. The lowest BCUT2D eigenvalue weighted by atomic mass is 9.84. The maximum Gasteiger partial charge on any atom is 0.0903 e. The van der Waals surface area contributed by atoms with Crippen molar-refractivity contribution in [2.75, 3.05) is 7.11 Å². The average Bonchev–Trinajstić information content (AvgIpc) is 2.44. The molecule has 1 atom stereocenters. The number of hydrogen-bond acceptors (Lipinski definition) is 3. The highest BCUT2D eigenvalue weighted by Crippen LogP contribution is 2.32. The predicted octanol–water partition coefficient (Wildman–Crippen LogP) is 1.96. The number of ether oxygens (including phenoxy) is 1. The monoisotopic (exact) mass is 261 g/mol. The number of carbonyl (C=O) groups excluding carboxylic acids is 1. The van der Waals surface area contributed by atoms with Crippen LogP contribution in [0.4, 0.5) is 0 Å². The molecular weight excluding hydrogens is 240 g/mol. The number of fused-ring (bicyclic) bond motifs is 1. The molecule has 0 heterocycles. The predicted molar refractivity (Wildman–Crippen MR) is 71.7 cm³/mol. The Kier molecular flexibility index (Phi) is 4.25. The number of carboxylic acids is 1. The van der Waals surface area contributed by atoms with Gasteiger partial charge in [0.1, 0.15) is 0 Å². The van der Waals surface area contributed by atoms with Gasteiger partial charge in [0.25, 0.3) is 0 Å². The molecule has 0 bridgehead atoms. The van der Waals surface area contributed by atoms with E-state index in [1.54, 1.807) is 7.11 Å². The molecule has 0 fully saturated rings. The Morgan fingerprint density at radius 2 is 2.00 bits per heavy atom. The van der Waals surface area contributed by atoms with Crippen molar-refractivity contribution in [2.24, 2.45) is 0 Å². The summed E-state index contributed by atoms with van der Waals surface area (Å²) in [5, 5.41) is 10.7. The van der Waals surface area contributed by atoms with Crippen LogP contribution in [-0.2, 0) is 28.0 Å². The van der Waals surface area contributed by atoms with Crippen LogP contribution in [0.15, 0.2) is 18.2 Å². The van der Waals surface area contributed by atoms with Crippen molar-refractivity contribution in [2.45, 2.75) is 51.0 Å². The number of hydrogen-bond donors (Lipinski definition) is 0. The van der Waals surface area contributed by atoms with E-state index in [-0.39, 0.29) is 6.42 Å². The van der Waals surface area contributed by atoms with Crippen LogP contribution in [0.25, 0.3) is 0 Å². The van der Waals surface area contributed by atoms with Crippen molar-refractivity contribution in [3.8, 4) is 0 Å². The Hall–Kier alpha value is -1.35. The van der Waals surface area contributed by atoms with E-state index in [2.05, 4.69) is 18.2 Å². The number of benzene rings is 1. The molecule has 0 spiro atoms. The van der Waals surface area contributed by atoms with Crippen molar-refractivity contribution in [1.82, 2.24) is 0 Å². The largest absolute Gasteiger partial charge is 0.550 e. The minimum absolute atomic E-state index is 0.0153. The van der Waals surface area contributed by atoms with E-state index < -0.39 is 11.6 Å². The molecular formula is C16H21O3-.